The van der Waals surface area contributed by atoms with Crippen molar-refractivity contribution in [2.24, 2.45) is 4.99 Å². The van der Waals surface area contributed by atoms with Gasteiger partial charge in [-0.3, -0.25) is 9.79 Å². The Bertz CT molecular complexity index is 1040. The van der Waals surface area contributed by atoms with Crippen LogP contribution in [0.25, 0.3) is 0 Å². The molecule has 0 bridgehead atoms. The number of ether oxygens (including phenoxy) is 1. The van der Waals surface area contributed by atoms with Crippen LogP contribution in [0.4, 0.5) is 14.6 Å². The molecule has 1 amide bonds. The molecule has 2 aromatic heterocycles. The van der Waals surface area contributed by atoms with Gasteiger partial charge in [-0.1, -0.05) is 17.8 Å². The fourth-order valence-electron chi connectivity index (χ4n) is 3.19. The molecule has 0 unspecified atom stereocenters. The van der Waals surface area contributed by atoms with Gasteiger partial charge in [0.2, 0.25) is 0 Å². The van der Waals surface area contributed by atoms with Crippen molar-refractivity contribution in [1.82, 2.24) is 20.4 Å². The van der Waals surface area contributed by atoms with Gasteiger partial charge in [0.1, 0.15) is 11.5 Å². The van der Waals surface area contributed by atoms with E-state index in [0.29, 0.717) is 11.3 Å². The van der Waals surface area contributed by atoms with E-state index in [9.17, 15) is 13.6 Å². The molecular weight excluding hydrogens is 434 g/mol. The summed E-state index contributed by atoms with van der Waals surface area (Å²) in [6, 6.07) is 3.56. The molecule has 0 aliphatic carbocycles. The lowest BCUT2D eigenvalue weighted by atomic mass is 10.2. The van der Waals surface area contributed by atoms with Gasteiger partial charge in [-0.15, -0.1) is 0 Å². The summed E-state index contributed by atoms with van der Waals surface area (Å²) in [5.74, 6) is 0.598. The first kappa shape index (κ1) is 24.0. The zero-order valence-electron chi connectivity index (χ0n) is 18.6. The monoisotopic (exact) mass is 460 g/mol. The minimum atomic E-state index is -2.72. The number of anilines is 1. The topological polar surface area (TPSA) is 106 Å². The fourth-order valence-corrected chi connectivity index (χ4v) is 3.19. The van der Waals surface area contributed by atoms with Crippen LogP contribution in [-0.4, -0.2) is 59.9 Å². The van der Waals surface area contributed by atoms with Gasteiger partial charge in [0.25, 0.3) is 12.3 Å². The smallest absolute Gasteiger partial charge is 0.319 e. The molecule has 1 N–H and O–H groups in total. The van der Waals surface area contributed by atoms with Gasteiger partial charge in [-0.05, 0) is 31.4 Å². The number of hydrogen-bond donors (Lipinski definition) is 1. The number of rotatable bonds is 10. The Hall–Kier alpha value is -3.63. The zero-order chi connectivity index (χ0) is 23.8. The minimum Gasteiger partial charge on any atom is -0.455 e. The Labute approximate surface area is 190 Å². The van der Waals surface area contributed by atoms with Crippen molar-refractivity contribution in [2.75, 3.05) is 31.6 Å². The highest BCUT2D eigenvalue weighted by atomic mass is 19.3. The molecule has 0 spiro atoms. The van der Waals surface area contributed by atoms with Crippen LogP contribution in [0.2, 0.25) is 0 Å². The summed E-state index contributed by atoms with van der Waals surface area (Å²) in [5, 5.41) is 6.31. The summed E-state index contributed by atoms with van der Waals surface area (Å²) in [5.41, 5.74) is 0.792. The van der Waals surface area contributed by atoms with E-state index in [-0.39, 0.29) is 24.9 Å². The lowest BCUT2D eigenvalue weighted by molar-refractivity contribution is 0.0948. The lowest BCUT2D eigenvalue weighted by Crippen LogP contribution is -2.26. The Kier molecular flexibility index (Phi) is 8.22. The lowest BCUT2D eigenvalue weighted by Gasteiger charge is -2.17. The van der Waals surface area contributed by atoms with Gasteiger partial charge in [-0.2, -0.15) is 4.98 Å². The second-order valence-electron chi connectivity index (χ2n) is 7.37. The largest absolute Gasteiger partial charge is 0.455 e. The average Bonchev–Trinajstić information content (AvgIpc) is 3.49. The fraction of sp³-hybridized carbons (Fsp3) is 0.409. The number of nitrogens with one attached hydrogen (secondary N) is 1. The molecule has 0 saturated carbocycles. The number of aryl methyl sites for hydroxylation is 1. The maximum Gasteiger partial charge on any atom is 0.319 e. The third-order valence-corrected chi connectivity index (χ3v) is 4.92. The molecule has 2 aromatic rings. The van der Waals surface area contributed by atoms with Crippen molar-refractivity contribution in [1.29, 1.82) is 0 Å². The van der Waals surface area contributed by atoms with Crippen molar-refractivity contribution in [3.63, 3.8) is 0 Å². The summed E-state index contributed by atoms with van der Waals surface area (Å²) in [7, 11) is 1.27. The van der Waals surface area contributed by atoms with Gasteiger partial charge in [0.05, 0.1) is 0 Å². The number of halogens is 2. The molecule has 3 heterocycles. The summed E-state index contributed by atoms with van der Waals surface area (Å²) in [6.07, 6.45) is 2.09. The first-order chi connectivity index (χ1) is 15.9. The van der Waals surface area contributed by atoms with Gasteiger partial charge in [0.15, 0.2) is 18.1 Å². The number of aromatic nitrogens is 3. The molecular formula is C22H26F2N6O3. The first-order valence-corrected chi connectivity index (χ1v) is 10.4. The molecule has 0 atom stereocenters. The van der Waals surface area contributed by atoms with Crippen LogP contribution in [0.1, 0.15) is 34.8 Å². The number of hydrogen-bond acceptors (Lipinski definition) is 8. The zero-order valence-corrected chi connectivity index (χ0v) is 18.6. The van der Waals surface area contributed by atoms with Crippen LogP contribution in [0.3, 0.4) is 0 Å². The van der Waals surface area contributed by atoms with Crippen molar-refractivity contribution >= 4 is 17.4 Å². The molecule has 176 valence electrons. The highest BCUT2D eigenvalue weighted by Gasteiger charge is 2.17. The highest BCUT2D eigenvalue weighted by Crippen LogP contribution is 2.21. The standard InChI is InChI=1S/C22H26F2N6O3/c1-4-15(10-17(25-3)20(23)24)12-26-21(31)18-11-16(33-29-18)13-32-22-27-14(2)9-19(28-22)30-7-5-6-8-30/h4,9-11,20H,1,5-8,12-13H2,2-3H3,(H,26,31)/b15-10+,25-17?. The first-order valence-electron chi connectivity index (χ1n) is 10.4. The third-order valence-electron chi connectivity index (χ3n) is 4.92. The summed E-state index contributed by atoms with van der Waals surface area (Å²) >= 11 is 0. The van der Waals surface area contributed by atoms with Gasteiger partial charge >= 0.3 is 6.01 Å². The van der Waals surface area contributed by atoms with E-state index < -0.39 is 18.0 Å². The second-order valence-corrected chi connectivity index (χ2v) is 7.37. The minimum absolute atomic E-state index is 0.00824. The molecule has 3 rings (SSSR count). The number of allylic oxidation sites excluding steroid dienone is 1. The van der Waals surface area contributed by atoms with Crippen molar-refractivity contribution < 1.29 is 22.8 Å². The molecule has 1 aliphatic heterocycles. The predicted molar refractivity (Wildman–Crippen MR) is 119 cm³/mol. The van der Waals surface area contributed by atoms with Crippen LogP contribution in [-0.2, 0) is 6.61 Å². The molecule has 1 aliphatic rings. The molecule has 1 saturated heterocycles. The van der Waals surface area contributed by atoms with E-state index in [1.165, 1.54) is 25.3 Å². The van der Waals surface area contributed by atoms with E-state index in [2.05, 4.69) is 36.9 Å². The van der Waals surface area contributed by atoms with E-state index in [0.717, 1.165) is 37.4 Å². The SMILES string of the molecule is C=C/C(=C\C(=NC)C(F)F)CNC(=O)c1cc(COc2nc(C)cc(N3CCCC3)n2)on1. The number of alkyl halides is 2. The number of carbonyl (C=O) groups is 1. The number of carbonyl (C=O) groups excluding carboxylic acids is 1. The number of amides is 1. The van der Waals surface area contributed by atoms with Crippen LogP contribution in [0.15, 0.2) is 46.0 Å². The second kappa shape index (κ2) is 11.3. The molecule has 1 fully saturated rings. The van der Waals surface area contributed by atoms with Crippen molar-refractivity contribution in [3.8, 4) is 6.01 Å². The van der Waals surface area contributed by atoms with Crippen LogP contribution < -0.4 is 15.0 Å². The number of nitrogens with zero attached hydrogens (tertiary/aromatic N) is 5. The van der Waals surface area contributed by atoms with E-state index in [1.807, 2.05) is 13.0 Å². The van der Waals surface area contributed by atoms with Crippen molar-refractivity contribution in [3.05, 3.63) is 53.6 Å². The third kappa shape index (κ3) is 6.67. The highest BCUT2D eigenvalue weighted by molar-refractivity contribution is 5.98. The summed E-state index contributed by atoms with van der Waals surface area (Å²) in [4.78, 5) is 26.8. The van der Waals surface area contributed by atoms with Crippen LogP contribution in [0.5, 0.6) is 6.01 Å². The molecule has 0 radical (unpaired) electrons. The maximum atomic E-state index is 12.8. The Morgan fingerprint density at radius 1 is 1.36 bits per heavy atom. The van der Waals surface area contributed by atoms with Gasteiger partial charge < -0.3 is 19.5 Å². The van der Waals surface area contributed by atoms with E-state index in [1.54, 1.807) is 0 Å². The quantitative estimate of drug-likeness (QED) is 0.429. The maximum absolute atomic E-state index is 12.8. The number of aliphatic imine (C=N–C) groups is 1. The Morgan fingerprint density at radius 2 is 2.12 bits per heavy atom. The van der Waals surface area contributed by atoms with E-state index >= 15 is 0 Å². The Morgan fingerprint density at radius 3 is 2.79 bits per heavy atom. The normalized spacial score (nSPS) is 14.6. The predicted octanol–water partition coefficient (Wildman–Crippen LogP) is 3.13. The van der Waals surface area contributed by atoms with Crippen LogP contribution >= 0.6 is 0 Å². The molecule has 33 heavy (non-hydrogen) atoms. The van der Waals surface area contributed by atoms with Crippen LogP contribution in [0, 0.1) is 6.92 Å². The average molecular weight is 460 g/mol. The Balaban J connectivity index is 1.57. The summed E-state index contributed by atoms with van der Waals surface area (Å²) in [6.45, 7) is 7.31. The van der Waals surface area contributed by atoms with Crippen molar-refractivity contribution in [2.45, 2.75) is 32.8 Å². The van der Waals surface area contributed by atoms with Gasteiger partial charge in [0, 0.05) is 44.5 Å². The van der Waals surface area contributed by atoms with Gasteiger partial charge in [-0.25, -0.2) is 13.8 Å². The van der Waals surface area contributed by atoms with E-state index in [4.69, 9.17) is 9.26 Å². The molecule has 11 heteroatoms. The molecule has 9 nitrogen and oxygen atoms in total. The summed E-state index contributed by atoms with van der Waals surface area (Å²) < 4.78 is 36.5. The molecule has 0 aromatic carbocycles.